The van der Waals surface area contributed by atoms with Crippen LogP contribution in [0.4, 0.5) is 0 Å². The topological polar surface area (TPSA) is 77.6 Å². The summed E-state index contributed by atoms with van der Waals surface area (Å²) in [5, 5.41) is 0.824. The number of Topliss-reactive ketones (excluding diaryl/α,β-unsaturated/α-hetero) is 1. The molecule has 1 atom stereocenters. The van der Waals surface area contributed by atoms with Crippen LogP contribution in [0, 0.1) is 6.92 Å². The molecule has 0 saturated carbocycles. The lowest BCUT2D eigenvalue weighted by Gasteiger charge is -2.18. The Morgan fingerprint density at radius 3 is 2.69 bits per heavy atom. The van der Waals surface area contributed by atoms with Crippen molar-refractivity contribution in [2.75, 3.05) is 13.2 Å². The van der Waals surface area contributed by atoms with Crippen molar-refractivity contribution in [3.05, 3.63) is 65.4 Å². The highest BCUT2D eigenvalue weighted by Gasteiger charge is 2.23. The molecule has 29 heavy (non-hydrogen) atoms. The number of hydrogen-bond donors (Lipinski definition) is 1. The van der Waals surface area contributed by atoms with E-state index in [2.05, 4.69) is 4.98 Å². The second-order valence-corrected chi connectivity index (χ2v) is 6.85. The van der Waals surface area contributed by atoms with Crippen molar-refractivity contribution in [3.8, 4) is 11.5 Å². The zero-order valence-corrected chi connectivity index (χ0v) is 16.2. The zero-order valence-electron chi connectivity index (χ0n) is 16.2. The number of fused-ring (bicyclic) bond motifs is 2. The van der Waals surface area contributed by atoms with Gasteiger partial charge in [-0.3, -0.25) is 4.79 Å². The van der Waals surface area contributed by atoms with Crippen LogP contribution >= 0.6 is 0 Å². The molecule has 0 spiro atoms. The maximum absolute atomic E-state index is 12.9. The molecule has 1 aliphatic rings. The number of rotatable bonds is 5. The van der Waals surface area contributed by atoms with E-state index in [-0.39, 0.29) is 5.78 Å². The predicted octanol–water partition coefficient (Wildman–Crippen LogP) is 4.08. The third-order valence-corrected chi connectivity index (χ3v) is 4.78. The minimum atomic E-state index is -0.898. The molecule has 1 aliphatic heterocycles. The third-order valence-electron chi connectivity index (χ3n) is 4.78. The zero-order chi connectivity index (χ0) is 20.4. The number of aryl methyl sites for hydroxylation is 1. The average Bonchev–Trinajstić information content (AvgIpc) is 3.07. The average molecular weight is 391 g/mol. The quantitative estimate of drug-likeness (QED) is 0.403. The van der Waals surface area contributed by atoms with Gasteiger partial charge in [0.1, 0.15) is 13.2 Å². The molecule has 4 rings (SSSR count). The first kappa shape index (κ1) is 18.8. The Balaban J connectivity index is 1.44. The Morgan fingerprint density at radius 1 is 1.10 bits per heavy atom. The smallest absolute Gasteiger partial charge is 0.331 e. The SMILES string of the molecule is Cc1[nH]c2ccccc2c1C(=O)[C@H](C)OC(=O)/C=C/c1ccc2c(c1)OCCO2. The molecule has 2 aromatic carbocycles. The van der Waals surface area contributed by atoms with Crippen molar-refractivity contribution < 1.29 is 23.8 Å². The van der Waals surface area contributed by atoms with E-state index in [4.69, 9.17) is 14.2 Å². The van der Waals surface area contributed by atoms with E-state index in [1.165, 1.54) is 6.08 Å². The fourth-order valence-corrected chi connectivity index (χ4v) is 3.39. The van der Waals surface area contributed by atoms with Crippen molar-refractivity contribution in [2.45, 2.75) is 20.0 Å². The Labute approximate surface area is 168 Å². The van der Waals surface area contributed by atoms with Gasteiger partial charge in [0.15, 0.2) is 17.6 Å². The van der Waals surface area contributed by atoms with Crippen molar-refractivity contribution >= 4 is 28.7 Å². The van der Waals surface area contributed by atoms with Gasteiger partial charge in [0, 0.05) is 28.2 Å². The first-order valence-electron chi connectivity index (χ1n) is 9.43. The van der Waals surface area contributed by atoms with Gasteiger partial charge in [-0.15, -0.1) is 0 Å². The van der Waals surface area contributed by atoms with E-state index >= 15 is 0 Å². The molecule has 1 N–H and O–H groups in total. The molecule has 0 fully saturated rings. The van der Waals surface area contributed by atoms with E-state index < -0.39 is 12.1 Å². The largest absolute Gasteiger partial charge is 0.486 e. The molecule has 0 saturated heterocycles. The van der Waals surface area contributed by atoms with Crippen molar-refractivity contribution in [1.82, 2.24) is 4.98 Å². The monoisotopic (exact) mass is 391 g/mol. The molecule has 2 heterocycles. The fourth-order valence-electron chi connectivity index (χ4n) is 3.39. The number of benzene rings is 2. The normalized spacial score (nSPS) is 14.1. The van der Waals surface area contributed by atoms with Crippen LogP contribution in [0.5, 0.6) is 11.5 Å². The Morgan fingerprint density at radius 2 is 1.86 bits per heavy atom. The maximum Gasteiger partial charge on any atom is 0.331 e. The summed E-state index contributed by atoms with van der Waals surface area (Å²) in [6, 6.07) is 13.0. The van der Waals surface area contributed by atoms with E-state index in [1.807, 2.05) is 37.3 Å². The number of para-hydroxylation sites is 1. The minimum absolute atomic E-state index is 0.235. The molecule has 3 aromatic rings. The first-order valence-corrected chi connectivity index (χ1v) is 9.43. The van der Waals surface area contributed by atoms with Gasteiger partial charge in [-0.2, -0.15) is 0 Å². The molecule has 148 valence electrons. The van der Waals surface area contributed by atoms with Crippen molar-refractivity contribution in [1.29, 1.82) is 0 Å². The van der Waals surface area contributed by atoms with Crippen LogP contribution in [-0.4, -0.2) is 36.1 Å². The van der Waals surface area contributed by atoms with Crippen LogP contribution in [0.1, 0.15) is 28.5 Å². The van der Waals surface area contributed by atoms with Gasteiger partial charge in [0.25, 0.3) is 0 Å². The Hall–Kier alpha value is -3.54. The number of esters is 1. The lowest BCUT2D eigenvalue weighted by atomic mass is 10.0. The molecule has 6 nitrogen and oxygen atoms in total. The number of H-pyrrole nitrogens is 1. The van der Waals surface area contributed by atoms with Gasteiger partial charge in [-0.25, -0.2) is 4.79 Å². The van der Waals surface area contributed by atoms with Crippen molar-refractivity contribution in [2.24, 2.45) is 0 Å². The molecule has 0 bridgehead atoms. The van der Waals surface area contributed by atoms with Crippen LogP contribution in [0.3, 0.4) is 0 Å². The summed E-state index contributed by atoms with van der Waals surface area (Å²) in [5.41, 5.74) is 2.96. The number of nitrogens with one attached hydrogen (secondary N) is 1. The molecular formula is C23H21NO5. The highest BCUT2D eigenvalue weighted by Crippen LogP contribution is 2.31. The molecular weight excluding hydrogens is 370 g/mol. The molecule has 0 unspecified atom stereocenters. The van der Waals surface area contributed by atoms with E-state index in [9.17, 15) is 9.59 Å². The van der Waals surface area contributed by atoms with Gasteiger partial charge in [-0.05, 0) is 43.7 Å². The van der Waals surface area contributed by atoms with Crippen molar-refractivity contribution in [3.63, 3.8) is 0 Å². The minimum Gasteiger partial charge on any atom is -0.486 e. The number of carbonyl (C=O) groups excluding carboxylic acids is 2. The van der Waals surface area contributed by atoms with Crippen LogP contribution in [0.15, 0.2) is 48.5 Å². The van der Waals surface area contributed by atoms with E-state index in [0.717, 1.165) is 22.2 Å². The van der Waals surface area contributed by atoms with Gasteiger partial charge >= 0.3 is 5.97 Å². The Bertz CT molecular complexity index is 1110. The van der Waals surface area contributed by atoms with Crippen LogP contribution in [-0.2, 0) is 9.53 Å². The number of ketones is 1. The summed E-state index contributed by atoms with van der Waals surface area (Å²) in [4.78, 5) is 28.3. The predicted molar refractivity (Wildman–Crippen MR) is 109 cm³/mol. The summed E-state index contributed by atoms with van der Waals surface area (Å²) >= 11 is 0. The van der Waals surface area contributed by atoms with E-state index in [1.54, 1.807) is 25.1 Å². The number of hydrogen-bond acceptors (Lipinski definition) is 5. The summed E-state index contributed by atoms with van der Waals surface area (Å²) in [5.74, 6) is 0.508. The first-order chi connectivity index (χ1) is 14.0. The molecule has 0 radical (unpaired) electrons. The van der Waals surface area contributed by atoms with Crippen LogP contribution in [0.25, 0.3) is 17.0 Å². The highest BCUT2D eigenvalue weighted by molar-refractivity contribution is 6.11. The van der Waals surface area contributed by atoms with Crippen LogP contribution < -0.4 is 9.47 Å². The Kier molecular flexibility index (Phi) is 5.08. The molecule has 0 amide bonds. The highest BCUT2D eigenvalue weighted by atomic mass is 16.6. The number of aromatic nitrogens is 1. The second kappa shape index (κ2) is 7.83. The van der Waals surface area contributed by atoms with Gasteiger partial charge in [0.2, 0.25) is 5.78 Å². The number of ether oxygens (including phenoxy) is 3. The lowest BCUT2D eigenvalue weighted by Crippen LogP contribution is -2.24. The summed E-state index contributed by atoms with van der Waals surface area (Å²) in [6.07, 6.45) is 2.02. The standard InChI is InChI=1S/C23H21NO5/c1-14-22(17-5-3-4-6-18(17)24-14)23(26)15(2)29-21(25)10-8-16-7-9-19-20(13-16)28-12-11-27-19/h3-10,13,15,24H,11-12H2,1-2H3/b10-8+/t15-/m0/s1. The van der Waals surface area contributed by atoms with Gasteiger partial charge in [0.05, 0.1) is 0 Å². The van der Waals surface area contributed by atoms with Gasteiger partial charge in [-0.1, -0.05) is 24.3 Å². The summed E-state index contributed by atoms with van der Waals surface area (Å²) in [6.45, 7) is 4.44. The number of aromatic amines is 1. The van der Waals surface area contributed by atoms with Crippen LogP contribution in [0.2, 0.25) is 0 Å². The number of carbonyl (C=O) groups is 2. The second-order valence-electron chi connectivity index (χ2n) is 6.85. The molecule has 1 aromatic heterocycles. The summed E-state index contributed by atoms with van der Waals surface area (Å²) < 4.78 is 16.3. The lowest BCUT2D eigenvalue weighted by molar-refractivity contribution is -0.140. The molecule has 0 aliphatic carbocycles. The fraction of sp³-hybridized carbons (Fsp3) is 0.217. The maximum atomic E-state index is 12.9. The summed E-state index contributed by atoms with van der Waals surface area (Å²) in [7, 11) is 0. The van der Waals surface area contributed by atoms with Gasteiger partial charge < -0.3 is 19.2 Å². The van der Waals surface area contributed by atoms with E-state index in [0.29, 0.717) is 30.3 Å². The molecule has 6 heteroatoms. The third kappa shape index (κ3) is 3.87.